The average molecular weight is 166 g/mol. The van der Waals surface area contributed by atoms with Gasteiger partial charge in [-0.3, -0.25) is 0 Å². The van der Waals surface area contributed by atoms with Gasteiger partial charge in [0.25, 0.3) is 0 Å². The molecular formula is C8H10N2S. The van der Waals surface area contributed by atoms with Crippen molar-refractivity contribution in [3.8, 4) is 0 Å². The fraction of sp³-hybridized carbons (Fsp3) is 0.375. The van der Waals surface area contributed by atoms with Crippen molar-refractivity contribution in [2.45, 2.75) is 20.3 Å². The van der Waals surface area contributed by atoms with Crippen LogP contribution in [0.4, 0.5) is 0 Å². The molecule has 0 spiro atoms. The summed E-state index contributed by atoms with van der Waals surface area (Å²) in [6, 6.07) is 2.11. The summed E-state index contributed by atoms with van der Waals surface area (Å²) < 4.78 is 2.03. The average Bonchev–Trinajstić information content (AvgIpc) is 2.45. The first-order valence-electron chi connectivity index (χ1n) is 3.74. The van der Waals surface area contributed by atoms with Gasteiger partial charge >= 0.3 is 0 Å². The molecule has 0 radical (unpaired) electrons. The van der Waals surface area contributed by atoms with Crippen LogP contribution in [-0.2, 0) is 6.42 Å². The summed E-state index contributed by atoms with van der Waals surface area (Å²) in [5.74, 6) is 0. The Morgan fingerprint density at radius 1 is 1.64 bits per heavy atom. The van der Waals surface area contributed by atoms with Crippen LogP contribution in [0.2, 0.25) is 0 Å². The summed E-state index contributed by atoms with van der Waals surface area (Å²) >= 11 is 1.76. The summed E-state index contributed by atoms with van der Waals surface area (Å²) in [7, 11) is 0. The molecule has 0 fully saturated rings. The van der Waals surface area contributed by atoms with E-state index in [2.05, 4.69) is 23.5 Å². The van der Waals surface area contributed by atoms with Gasteiger partial charge in [0.1, 0.15) is 4.83 Å². The summed E-state index contributed by atoms with van der Waals surface area (Å²) in [5, 5.41) is 6.54. The van der Waals surface area contributed by atoms with Gasteiger partial charge in [-0.05, 0) is 19.4 Å². The van der Waals surface area contributed by atoms with Gasteiger partial charge in [0.05, 0.1) is 11.4 Å². The molecule has 2 heterocycles. The Morgan fingerprint density at radius 3 is 3.18 bits per heavy atom. The van der Waals surface area contributed by atoms with Crippen molar-refractivity contribution in [1.29, 1.82) is 0 Å². The summed E-state index contributed by atoms with van der Waals surface area (Å²) in [6.45, 7) is 4.18. The molecule has 58 valence electrons. The molecule has 0 aromatic carbocycles. The van der Waals surface area contributed by atoms with Crippen molar-refractivity contribution in [2.75, 3.05) is 0 Å². The van der Waals surface area contributed by atoms with Crippen molar-refractivity contribution < 1.29 is 0 Å². The van der Waals surface area contributed by atoms with Gasteiger partial charge in [-0.2, -0.15) is 5.10 Å². The van der Waals surface area contributed by atoms with E-state index in [1.807, 2.05) is 11.4 Å². The van der Waals surface area contributed by atoms with Crippen LogP contribution in [0.5, 0.6) is 0 Å². The molecule has 2 aromatic heterocycles. The summed E-state index contributed by atoms with van der Waals surface area (Å²) in [5.41, 5.74) is 2.41. The minimum Gasteiger partial charge on any atom is -0.227 e. The molecule has 3 heteroatoms. The first kappa shape index (κ1) is 6.85. The van der Waals surface area contributed by atoms with E-state index < -0.39 is 0 Å². The fourth-order valence-electron chi connectivity index (χ4n) is 1.18. The van der Waals surface area contributed by atoms with Crippen LogP contribution < -0.4 is 0 Å². The van der Waals surface area contributed by atoms with Crippen LogP contribution in [-0.4, -0.2) is 9.61 Å². The van der Waals surface area contributed by atoms with E-state index >= 15 is 0 Å². The topological polar surface area (TPSA) is 17.3 Å². The first-order chi connectivity index (χ1) is 5.31. The molecule has 0 aliphatic carbocycles. The molecule has 0 N–H and O–H groups in total. The van der Waals surface area contributed by atoms with Crippen LogP contribution in [0.15, 0.2) is 11.4 Å². The van der Waals surface area contributed by atoms with Crippen molar-refractivity contribution in [3.05, 3.63) is 22.8 Å². The standard InChI is InChI=1S/C8H10N2S/c1-3-7-5-11-8-4-6(2)9-10(7)8/h4-5H,3H2,1-2H3. The summed E-state index contributed by atoms with van der Waals surface area (Å²) in [4.78, 5) is 1.25. The molecule has 0 aliphatic rings. The Morgan fingerprint density at radius 2 is 2.45 bits per heavy atom. The highest BCUT2D eigenvalue weighted by Gasteiger charge is 2.02. The Hall–Kier alpha value is -0.830. The van der Waals surface area contributed by atoms with E-state index in [1.165, 1.54) is 10.5 Å². The normalized spacial score (nSPS) is 11.1. The van der Waals surface area contributed by atoms with Gasteiger partial charge < -0.3 is 0 Å². The number of fused-ring (bicyclic) bond motifs is 1. The number of rotatable bonds is 1. The maximum absolute atomic E-state index is 4.37. The van der Waals surface area contributed by atoms with E-state index in [9.17, 15) is 0 Å². The van der Waals surface area contributed by atoms with Crippen LogP contribution >= 0.6 is 11.3 Å². The van der Waals surface area contributed by atoms with Crippen LogP contribution in [0, 0.1) is 6.92 Å². The lowest BCUT2D eigenvalue weighted by molar-refractivity contribution is 0.866. The molecular weight excluding hydrogens is 156 g/mol. The van der Waals surface area contributed by atoms with Crippen molar-refractivity contribution in [2.24, 2.45) is 0 Å². The highest BCUT2D eigenvalue weighted by Crippen LogP contribution is 2.17. The highest BCUT2D eigenvalue weighted by atomic mass is 32.1. The van der Waals surface area contributed by atoms with Crippen molar-refractivity contribution in [3.63, 3.8) is 0 Å². The maximum Gasteiger partial charge on any atom is 0.119 e. The monoisotopic (exact) mass is 166 g/mol. The smallest absolute Gasteiger partial charge is 0.119 e. The maximum atomic E-state index is 4.37. The zero-order valence-corrected chi connectivity index (χ0v) is 7.48. The minimum atomic E-state index is 1.06. The Balaban J connectivity index is 2.73. The zero-order chi connectivity index (χ0) is 7.84. The molecule has 11 heavy (non-hydrogen) atoms. The molecule has 2 rings (SSSR count). The highest BCUT2D eigenvalue weighted by molar-refractivity contribution is 7.15. The number of hydrogen-bond acceptors (Lipinski definition) is 2. The molecule has 0 aliphatic heterocycles. The molecule has 0 unspecified atom stereocenters. The Bertz CT molecular complexity index is 372. The van der Waals surface area contributed by atoms with Crippen LogP contribution in [0.1, 0.15) is 18.3 Å². The molecule has 2 nitrogen and oxygen atoms in total. The Kier molecular flexibility index (Phi) is 1.46. The third-order valence-corrected chi connectivity index (χ3v) is 2.67. The molecule has 2 aromatic rings. The lowest BCUT2D eigenvalue weighted by atomic mass is 10.4. The third-order valence-electron chi connectivity index (χ3n) is 1.75. The predicted molar refractivity (Wildman–Crippen MR) is 47.2 cm³/mol. The van der Waals surface area contributed by atoms with Crippen molar-refractivity contribution >= 4 is 16.2 Å². The van der Waals surface area contributed by atoms with Gasteiger partial charge in [0.2, 0.25) is 0 Å². The first-order valence-corrected chi connectivity index (χ1v) is 4.62. The fourth-order valence-corrected chi connectivity index (χ4v) is 2.20. The molecule has 0 amide bonds. The zero-order valence-electron chi connectivity index (χ0n) is 6.66. The lowest BCUT2D eigenvalue weighted by Gasteiger charge is -1.89. The quantitative estimate of drug-likeness (QED) is 0.635. The number of hydrogen-bond donors (Lipinski definition) is 0. The van der Waals surface area contributed by atoms with E-state index in [0.717, 1.165) is 12.1 Å². The van der Waals surface area contributed by atoms with E-state index in [-0.39, 0.29) is 0 Å². The van der Waals surface area contributed by atoms with Gasteiger partial charge in [-0.25, -0.2) is 4.52 Å². The van der Waals surface area contributed by atoms with Crippen LogP contribution in [0.25, 0.3) is 4.83 Å². The Labute approximate surface area is 69.5 Å². The van der Waals surface area contributed by atoms with E-state index in [4.69, 9.17) is 0 Å². The largest absolute Gasteiger partial charge is 0.227 e. The molecule has 0 atom stereocenters. The number of aryl methyl sites for hydroxylation is 2. The van der Waals surface area contributed by atoms with Gasteiger partial charge in [-0.1, -0.05) is 6.92 Å². The number of thiazole rings is 1. The number of aromatic nitrogens is 2. The second kappa shape index (κ2) is 2.34. The second-order valence-corrected chi connectivity index (χ2v) is 3.51. The SMILES string of the molecule is CCc1csc2cc(C)nn12. The third kappa shape index (κ3) is 0.959. The molecule has 0 saturated carbocycles. The van der Waals surface area contributed by atoms with E-state index in [0.29, 0.717) is 0 Å². The molecule has 0 saturated heterocycles. The molecule has 0 bridgehead atoms. The van der Waals surface area contributed by atoms with Crippen molar-refractivity contribution in [1.82, 2.24) is 9.61 Å². The minimum absolute atomic E-state index is 1.06. The van der Waals surface area contributed by atoms with Crippen LogP contribution in [0.3, 0.4) is 0 Å². The number of nitrogens with zero attached hydrogens (tertiary/aromatic N) is 2. The van der Waals surface area contributed by atoms with Gasteiger partial charge in [0, 0.05) is 5.38 Å². The van der Waals surface area contributed by atoms with Gasteiger partial charge in [-0.15, -0.1) is 11.3 Å². The predicted octanol–water partition coefficient (Wildman–Crippen LogP) is 2.27. The van der Waals surface area contributed by atoms with Gasteiger partial charge in [0.15, 0.2) is 0 Å². The lowest BCUT2D eigenvalue weighted by Crippen LogP contribution is -1.90. The summed E-state index contributed by atoms with van der Waals surface area (Å²) in [6.07, 6.45) is 1.06. The second-order valence-electron chi connectivity index (χ2n) is 2.62. The van der Waals surface area contributed by atoms with E-state index in [1.54, 1.807) is 11.3 Å².